The standard InChI is InChI=1S/C16H17Cl2NO2/c1-2-9-21-11-12-5-7-19(8-6-12)16(20)14-10-13(17)3-4-15(14)18/h1,3-4,10,12H,5-9,11H2. The minimum Gasteiger partial charge on any atom is -0.369 e. The summed E-state index contributed by atoms with van der Waals surface area (Å²) in [7, 11) is 0. The summed E-state index contributed by atoms with van der Waals surface area (Å²) in [5.74, 6) is 2.84. The summed E-state index contributed by atoms with van der Waals surface area (Å²) in [5, 5.41) is 0.948. The summed E-state index contributed by atoms with van der Waals surface area (Å²) in [6, 6.07) is 4.95. The minimum absolute atomic E-state index is 0.0644. The molecule has 0 saturated carbocycles. The van der Waals surface area contributed by atoms with E-state index in [-0.39, 0.29) is 5.91 Å². The molecule has 1 aliphatic heterocycles. The highest BCUT2D eigenvalue weighted by atomic mass is 35.5. The van der Waals surface area contributed by atoms with Crippen LogP contribution in [-0.4, -0.2) is 37.1 Å². The summed E-state index contributed by atoms with van der Waals surface area (Å²) in [6.45, 7) is 2.40. The zero-order valence-electron chi connectivity index (χ0n) is 11.6. The average molecular weight is 326 g/mol. The number of benzene rings is 1. The van der Waals surface area contributed by atoms with E-state index in [1.807, 2.05) is 4.90 Å². The van der Waals surface area contributed by atoms with Gasteiger partial charge in [-0.3, -0.25) is 4.79 Å². The predicted octanol–water partition coefficient (Wildman–Crippen LogP) is 3.50. The molecule has 1 aliphatic rings. The minimum atomic E-state index is -0.0644. The Bertz CT molecular complexity index is 546. The Hall–Kier alpha value is -1.21. The van der Waals surface area contributed by atoms with Gasteiger partial charge in [0.05, 0.1) is 17.2 Å². The van der Waals surface area contributed by atoms with Crippen molar-refractivity contribution < 1.29 is 9.53 Å². The molecular weight excluding hydrogens is 309 g/mol. The Morgan fingerprint density at radius 2 is 2.10 bits per heavy atom. The maximum Gasteiger partial charge on any atom is 0.255 e. The Kier molecular flexibility index (Phi) is 5.93. The van der Waals surface area contributed by atoms with Crippen LogP contribution >= 0.6 is 23.2 Å². The first kappa shape index (κ1) is 16.2. The third kappa shape index (κ3) is 4.38. The van der Waals surface area contributed by atoms with Gasteiger partial charge in [-0.15, -0.1) is 6.42 Å². The highest BCUT2D eigenvalue weighted by molar-refractivity contribution is 6.35. The zero-order valence-corrected chi connectivity index (χ0v) is 13.2. The first-order valence-electron chi connectivity index (χ1n) is 6.87. The van der Waals surface area contributed by atoms with Gasteiger partial charge < -0.3 is 9.64 Å². The molecule has 0 spiro atoms. The Morgan fingerprint density at radius 3 is 2.76 bits per heavy atom. The maximum atomic E-state index is 12.5. The lowest BCUT2D eigenvalue weighted by atomic mass is 9.97. The molecule has 0 unspecified atom stereocenters. The lowest BCUT2D eigenvalue weighted by Crippen LogP contribution is -2.39. The second-order valence-corrected chi connectivity index (χ2v) is 5.92. The monoisotopic (exact) mass is 325 g/mol. The first-order chi connectivity index (χ1) is 10.1. The number of carbonyl (C=O) groups excluding carboxylic acids is 1. The summed E-state index contributed by atoms with van der Waals surface area (Å²) in [6.07, 6.45) is 6.97. The van der Waals surface area contributed by atoms with E-state index >= 15 is 0 Å². The number of hydrogen-bond donors (Lipinski definition) is 0. The van der Waals surface area contributed by atoms with E-state index in [1.165, 1.54) is 0 Å². The van der Waals surface area contributed by atoms with Gasteiger partial charge in [-0.05, 0) is 37.0 Å². The quantitative estimate of drug-likeness (QED) is 0.626. The van der Waals surface area contributed by atoms with Gasteiger partial charge in [0.1, 0.15) is 6.61 Å². The van der Waals surface area contributed by atoms with E-state index in [0.717, 1.165) is 12.8 Å². The first-order valence-corrected chi connectivity index (χ1v) is 7.63. The second-order valence-electron chi connectivity index (χ2n) is 5.08. The molecule has 0 bridgehead atoms. The topological polar surface area (TPSA) is 29.5 Å². The number of piperidine rings is 1. The fraction of sp³-hybridized carbons (Fsp3) is 0.438. The molecule has 112 valence electrons. The van der Waals surface area contributed by atoms with Crippen molar-refractivity contribution in [2.75, 3.05) is 26.3 Å². The molecule has 0 atom stereocenters. The van der Waals surface area contributed by atoms with Crippen LogP contribution in [0, 0.1) is 18.3 Å². The number of rotatable bonds is 4. The van der Waals surface area contributed by atoms with Gasteiger partial charge in [-0.25, -0.2) is 0 Å². The van der Waals surface area contributed by atoms with Crippen molar-refractivity contribution in [3.05, 3.63) is 33.8 Å². The fourth-order valence-corrected chi connectivity index (χ4v) is 2.79. The molecule has 21 heavy (non-hydrogen) atoms. The highest BCUT2D eigenvalue weighted by Crippen LogP contribution is 2.25. The molecule has 3 nitrogen and oxygen atoms in total. The van der Waals surface area contributed by atoms with Crippen molar-refractivity contribution in [3.8, 4) is 12.3 Å². The molecule has 1 fully saturated rings. The molecule has 1 aromatic rings. The SMILES string of the molecule is C#CCOCC1CCN(C(=O)c2cc(Cl)ccc2Cl)CC1. The van der Waals surface area contributed by atoms with Crippen LogP contribution in [0.5, 0.6) is 0 Å². The van der Waals surface area contributed by atoms with E-state index in [0.29, 0.717) is 47.8 Å². The summed E-state index contributed by atoms with van der Waals surface area (Å²) in [4.78, 5) is 14.3. The third-order valence-electron chi connectivity index (χ3n) is 3.60. The fourth-order valence-electron chi connectivity index (χ4n) is 2.42. The normalized spacial score (nSPS) is 15.8. The van der Waals surface area contributed by atoms with Crippen LogP contribution < -0.4 is 0 Å². The van der Waals surface area contributed by atoms with E-state index in [9.17, 15) is 4.79 Å². The van der Waals surface area contributed by atoms with Gasteiger partial charge in [0.2, 0.25) is 0 Å². The van der Waals surface area contributed by atoms with E-state index < -0.39 is 0 Å². The van der Waals surface area contributed by atoms with Gasteiger partial charge in [0.15, 0.2) is 0 Å². The number of amides is 1. The smallest absolute Gasteiger partial charge is 0.255 e. The Labute approximate surface area is 135 Å². The van der Waals surface area contributed by atoms with Gasteiger partial charge >= 0.3 is 0 Å². The van der Waals surface area contributed by atoms with Crippen LogP contribution in [-0.2, 0) is 4.74 Å². The third-order valence-corrected chi connectivity index (χ3v) is 4.16. The molecule has 0 N–H and O–H groups in total. The van der Waals surface area contributed by atoms with Gasteiger partial charge in [0, 0.05) is 18.1 Å². The van der Waals surface area contributed by atoms with Gasteiger partial charge in [0.25, 0.3) is 5.91 Å². The molecule has 0 radical (unpaired) electrons. The molecular formula is C16H17Cl2NO2. The van der Waals surface area contributed by atoms with E-state index in [4.69, 9.17) is 34.4 Å². The molecule has 0 aliphatic carbocycles. The van der Waals surface area contributed by atoms with Crippen molar-refractivity contribution >= 4 is 29.1 Å². The average Bonchev–Trinajstić information content (AvgIpc) is 2.50. The van der Waals surface area contributed by atoms with Crippen LogP contribution in [0.15, 0.2) is 18.2 Å². The van der Waals surface area contributed by atoms with Crippen molar-refractivity contribution in [2.45, 2.75) is 12.8 Å². The van der Waals surface area contributed by atoms with Crippen molar-refractivity contribution in [2.24, 2.45) is 5.92 Å². The van der Waals surface area contributed by atoms with E-state index in [1.54, 1.807) is 18.2 Å². The van der Waals surface area contributed by atoms with Crippen LogP contribution in [0.2, 0.25) is 10.0 Å². The van der Waals surface area contributed by atoms with Crippen molar-refractivity contribution in [3.63, 3.8) is 0 Å². The molecule has 1 heterocycles. The van der Waals surface area contributed by atoms with Crippen LogP contribution in [0.3, 0.4) is 0 Å². The summed E-state index contributed by atoms with van der Waals surface area (Å²) >= 11 is 12.0. The maximum absolute atomic E-state index is 12.5. The number of terminal acetylenes is 1. The van der Waals surface area contributed by atoms with Gasteiger partial charge in [-0.1, -0.05) is 29.1 Å². The second kappa shape index (κ2) is 7.70. The number of halogens is 2. The predicted molar refractivity (Wildman–Crippen MR) is 84.7 cm³/mol. The lowest BCUT2D eigenvalue weighted by Gasteiger charge is -2.32. The lowest BCUT2D eigenvalue weighted by molar-refractivity contribution is 0.0582. The molecule has 2 rings (SSSR count). The number of nitrogens with zero attached hydrogens (tertiary/aromatic N) is 1. The van der Waals surface area contributed by atoms with Crippen molar-refractivity contribution in [1.82, 2.24) is 4.90 Å². The van der Waals surface area contributed by atoms with Gasteiger partial charge in [-0.2, -0.15) is 0 Å². The Balaban J connectivity index is 1.91. The molecule has 1 aromatic carbocycles. The Morgan fingerprint density at radius 1 is 1.38 bits per heavy atom. The number of carbonyl (C=O) groups is 1. The number of likely N-dealkylation sites (tertiary alicyclic amines) is 1. The largest absolute Gasteiger partial charge is 0.369 e. The van der Waals surface area contributed by atoms with Crippen LogP contribution in [0.25, 0.3) is 0 Å². The molecule has 0 aromatic heterocycles. The van der Waals surface area contributed by atoms with Crippen molar-refractivity contribution in [1.29, 1.82) is 0 Å². The highest BCUT2D eigenvalue weighted by Gasteiger charge is 2.25. The molecule has 1 amide bonds. The zero-order chi connectivity index (χ0) is 15.2. The summed E-state index contributed by atoms with van der Waals surface area (Å²) < 4.78 is 5.36. The molecule has 5 heteroatoms. The van der Waals surface area contributed by atoms with Crippen LogP contribution in [0.4, 0.5) is 0 Å². The van der Waals surface area contributed by atoms with E-state index in [2.05, 4.69) is 5.92 Å². The number of ether oxygens (including phenoxy) is 1. The molecule has 1 saturated heterocycles. The summed E-state index contributed by atoms with van der Waals surface area (Å²) in [5.41, 5.74) is 0.464. The number of hydrogen-bond acceptors (Lipinski definition) is 2. The van der Waals surface area contributed by atoms with Crippen LogP contribution in [0.1, 0.15) is 23.2 Å².